The molecule has 0 aromatic heterocycles. The number of hydrogen-bond donors (Lipinski definition) is 0. The van der Waals surface area contributed by atoms with E-state index in [1.165, 1.54) is 0 Å². The molecular weight excluding hydrogens is 588 g/mol. The van der Waals surface area contributed by atoms with Crippen molar-refractivity contribution >= 4 is 12.1 Å². The summed E-state index contributed by atoms with van der Waals surface area (Å²) in [7, 11) is 0. The predicted octanol–water partition coefficient (Wildman–Crippen LogP) is 3.88. The van der Waals surface area contributed by atoms with Gasteiger partial charge in [0.2, 0.25) is 0 Å². The summed E-state index contributed by atoms with van der Waals surface area (Å²) in [6.07, 6.45) is -0.706. The highest BCUT2D eigenvalue weighted by molar-refractivity contribution is 5.86. The first kappa shape index (κ1) is 39.4. The molecule has 14 nitrogen and oxygen atoms in total. The number of ether oxygens (including phenoxy) is 8. The summed E-state index contributed by atoms with van der Waals surface area (Å²) < 4.78 is 46.8. The van der Waals surface area contributed by atoms with E-state index in [1.807, 2.05) is 62.3 Å². The van der Waals surface area contributed by atoms with Crippen LogP contribution in [0.2, 0.25) is 0 Å². The van der Waals surface area contributed by atoms with Gasteiger partial charge in [0, 0.05) is 26.4 Å². The van der Waals surface area contributed by atoms with Crippen molar-refractivity contribution in [2.24, 2.45) is 0 Å². The molecule has 264 valence electrons. The van der Waals surface area contributed by atoms with Gasteiger partial charge in [0.05, 0.1) is 50.8 Å². The smallest absolute Gasteiger partial charge is 0.327 e. The van der Waals surface area contributed by atoms with Gasteiger partial charge in [0.25, 0.3) is 0 Å². The molecule has 4 unspecified atom stereocenters. The number of urea groups is 2. The molecule has 0 bridgehead atoms. The van der Waals surface area contributed by atoms with Crippen LogP contribution in [0.5, 0.6) is 0 Å². The summed E-state index contributed by atoms with van der Waals surface area (Å²) in [5, 5.41) is 0. The zero-order valence-corrected chi connectivity index (χ0v) is 29.2. The highest BCUT2D eigenvalue weighted by Crippen LogP contribution is 2.46. The van der Waals surface area contributed by atoms with Crippen molar-refractivity contribution in [1.82, 2.24) is 19.6 Å². The normalized spacial score (nSPS) is 22.8. The number of carbonyl (C=O) groups excluding carboxylic acids is 2. The van der Waals surface area contributed by atoms with Crippen LogP contribution in [0.15, 0.2) is 0 Å². The number of hydrogen-bond acceptors (Lipinski definition) is 10. The van der Waals surface area contributed by atoms with E-state index >= 15 is 0 Å². The summed E-state index contributed by atoms with van der Waals surface area (Å²) in [6, 6.07) is -0.624. The lowest BCUT2D eigenvalue weighted by atomic mass is 9.99. The van der Waals surface area contributed by atoms with E-state index in [4.69, 9.17) is 37.9 Å². The van der Waals surface area contributed by atoms with E-state index in [-0.39, 0.29) is 63.4 Å². The Kier molecular flexibility index (Phi) is 17.9. The van der Waals surface area contributed by atoms with Crippen molar-refractivity contribution in [1.29, 1.82) is 0 Å². The van der Waals surface area contributed by atoms with Crippen LogP contribution in [0.25, 0.3) is 0 Å². The Labute approximate surface area is 270 Å². The van der Waals surface area contributed by atoms with E-state index in [0.29, 0.717) is 65.7 Å². The molecule has 2 rings (SSSR count). The van der Waals surface area contributed by atoms with Crippen molar-refractivity contribution < 1.29 is 47.5 Å². The second kappa shape index (κ2) is 20.5. The van der Waals surface area contributed by atoms with E-state index in [0.717, 1.165) is 0 Å². The Bertz CT molecular complexity index is 795. The van der Waals surface area contributed by atoms with Crippen LogP contribution in [-0.2, 0) is 37.9 Å². The van der Waals surface area contributed by atoms with Gasteiger partial charge >= 0.3 is 12.1 Å². The third kappa shape index (κ3) is 10.6. The maximum Gasteiger partial charge on any atom is 0.327 e. The zero-order chi connectivity index (χ0) is 33.4. The Morgan fingerprint density at radius 2 is 0.867 bits per heavy atom. The van der Waals surface area contributed by atoms with Crippen molar-refractivity contribution in [3.63, 3.8) is 0 Å². The minimum atomic E-state index is -1.13. The van der Waals surface area contributed by atoms with Gasteiger partial charge in [-0.1, -0.05) is 13.3 Å². The van der Waals surface area contributed by atoms with Gasteiger partial charge in [0.15, 0.2) is 11.8 Å². The number of carbonyl (C=O) groups is 2. The van der Waals surface area contributed by atoms with E-state index < -0.39 is 11.8 Å². The second-order valence-corrected chi connectivity index (χ2v) is 11.4. The molecule has 4 amide bonds. The number of amides is 4. The average Bonchev–Trinajstić information content (AvgIpc) is 3.38. The Balaban J connectivity index is 2.52. The lowest BCUT2D eigenvalue weighted by Crippen LogP contribution is -2.61. The van der Waals surface area contributed by atoms with Gasteiger partial charge in [-0.05, 0) is 61.8 Å². The minimum Gasteiger partial charge on any atom is -0.379 e. The third-order valence-electron chi connectivity index (χ3n) is 7.71. The van der Waals surface area contributed by atoms with Crippen LogP contribution in [0, 0.1) is 0 Å². The van der Waals surface area contributed by atoms with Gasteiger partial charge < -0.3 is 37.9 Å². The topological polar surface area (TPSA) is 121 Å². The van der Waals surface area contributed by atoms with Crippen molar-refractivity contribution in [3.8, 4) is 0 Å². The number of rotatable bonds is 26. The maximum atomic E-state index is 14.4. The molecule has 0 saturated carbocycles. The molecule has 45 heavy (non-hydrogen) atoms. The Morgan fingerprint density at radius 3 is 1.16 bits per heavy atom. The molecule has 0 N–H and O–H groups in total. The molecule has 0 aliphatic carbocycles. The monoisotopic (exact) mass is 648 g/mol. The molecule has 0 radical (unpaired) electrons. The van der Waals surface area contributed by atoms with Crippen molar-refractivity contribution in [3.05, 3.63) is 0 Å². The van der Waals surface area contributed by atoms with E-state index in [9.17, 15) is 9.59 Å². The summed E-state index contributed by atoms with van der Waals surface area (Å²) in [6.45, 7) is 20.8. The highest BCUT2D eigenvalue weighted by Gasteiger charge is 2.69. The van der Waals surface area contributed by atoms with E-state index in [1.54, 1.807) is 19.6 Å². The first-order valence-electron chi connectivity index (χ1n) is 16.6. The molecule has 2 fully saturated rings. The van der Waals surface area contributed by atoms with Crippen molar-refractivity contribution in [2.45, 2.75) is 111 Å². The van der Waals surface area contributed by atoms with Crippen LogP contribution >= 0.6 is 0 Å². The Hall–Kier alpha value is -1.78. The molecule has 2 aliphatic rings. The summed E-state index contributed by atoms with van der Waals surface area (Å²) in [5.41, 5.74) is -1.13. The standard InChI is InChI=1S/C31H60N4O10/c1-10-15-31-28(32(20-42-24(6)16-38-11-2)29(36)34(31)22-44-26(8)18-40-13-4)33(21-43-25(7)17-39-12-3)30(37)35(31)23-45-27(9)19-41-14-5/h24-28H,10-23H2,1-9H3. The van der Waals surface area contributed by atoms with Gasteiger partial charge in [-0.2, -0.15) is 0 Å². The minimum absolute atomic E-state index is 0.0533. The third-order valence-corrected chi connectivity index (χ3v) is 7.71. The van der Waals surface area contributed by atoms with Crippen LogP contribution < -0.4 is 0 Å². The SMILES string of the molecule is CCCC12C(N(COC(C)COCC)C(=O)N1COC(C)COCC)N(COC(C)COCC)C(=O)N2COC(C)COCC. The van der Waals surface area contributed by atoms with Crippen LogP contribution in [0.1, 0.15) is 75.2 Å². The molecule has 0 aromatic carbocycles. The van der Waals surface area contributed by atoms with Gasteiger partial charge in [-0.3, -0.25) is 19.6 Å². The largest absolute Gasteiger partial charge is 0.379 e. The molecular formula is C31H60N4O10. The molecule has 0 spiro atoms. The van der Waals surface area contributed by atoms with Crippen LogP contribution in [0.4, 0.5) is 9.59 Å². The first-order valence-corrected chi connectivity index (χ1v) is 16.6. The molecule has 0 aromatic rings. The maximum absolute atomic E-state index is 14.4. The summed E-state index contributed by atoms with van der Waals surface area (Å²) in [4.78, 5) is 35.2. The number of nitrogens with zero attached hydrogens (tertiary/aromatic N) is 4. The zero-order valence-electron chi connectivity index (χ0n) is 29.2. The number of fused-ring (bicyclic) bond motifs is 1. The average molecular weight is 649 g/mol. The molecule has 14 heteroatoms. The van der Waals surface area contributed by atoms with Crippen LogP contribution in [0.3, 0.4) is 0 Å². The van der Waals surface area contributed by atoms with Crippen molar-refractivity contribution in [2.75, 3.05) is 79.8 Å². The fourth-order valence-electron chi connectivity index (χ4n) is 5.44. The fraction of sp³-hybridized carbons (Fsp3) is 0.935. The second-order valence-electron chi connectivity index (χ2n) is 11.4. The van der Waals surface area contributed by atoms with Crippen LogP contribution in [-0.4, -0.2) is 148 Å². The fourth-order valence-corrected chi connectivity index (χ4v) is 5.44. The predicted molar refractivity (Wildman–Crippen MR) is 167 cm³/mol. The lowest BCUT2D eigenvalue weighted by Gasteiger charge is -2.42. The molecule has 4 atom stereocenters. The Morgan fingerprint density at radius 1 is 0.556 bits per heavy atom. The molecule has 2 heterocycles. The first-order chi connectivity index (χ1) is 21.6. The summed E-state index contributed by atoms with van der Waals surface area (Å²) in [5.74, 6) is 0. The van der Waals surface area contributed by atoms with Gasteiger partial charge in [-0.15, -0.1) is 0 Å². The van der Waals surface area contributed by atoms with Gasteiger partial charge in [-0.25, -0.2) is 9.59 Å². The lowest BCUT2D eigenvalue weighted by molar-refractivity contribution is -0.128. The molecule has 2 aliphatic heterocycles. The molecule has 2 saturated heterocycles. The van der Waals surface area contributed by atoms with E-state index in [2.05, 4.69) is 0 Å². The summed E-state index contributed by atoms with van der Waals surface area (Å²) >= 11 is 0. The quantitative estimate of drug-likeness (QED) is 0.137. The van der Waals surface area contributed by atoms with Gasteiger partial charge in [0.1, 0.15) is 26.9 Å². The highest BCUT2D eigenvalue weighted by atomic mass is 16.6.